The van der Waals surface area contributed by atoms with E-state index in [1.165, 1.54) is 11.8 Å². The van der Waals surface area contributed by atoms with Crippen LogP contribution in [0.25, 0.3) is 17.1 Å². The molecular formula is C22H14Cl4N4OS. The number of rotatable bonds is 6. The van der Waals surface area contributed by atoms with Crippen molar-refractivity contribution in [2.45, 2.75) is 5.16 Å². The molecule has 0 unspecified atom stereocenters. The Morgan fingerprint density at radius 2 is 1.62 bits per heavy atom. The summed E-state index contributed by atoms with van der Waals surface area (Å²) in [6.07, 6.45) is 0. The number of nitrogens with one attached hydrogen (secondary N) is 1. The van der Waals surface area contributed by atoms with E-state index in [2.05, 4.69) is 15.5 Å². The largest absolute Gasteiger partial charge is 0.325 e. The average molecular weight is 524 g/mol. The number of hydrogen-bond donors (Lipinski definition) is 1. The summed E-state index contributed by atoms with van der Waals surface area (Å²) in [5, 5.41) is 13.9. The zero-order chi connectivity index (χ0) is 22.7. The maximum atomic E-state index is 12.5. The van der Waals surface area contributed by atoms with Crippen LogP contribution in [0.5, 0.6) is 0 Å². The second-order valence-electron chi connectivity index (χ2n) is 6.56. The second-order valence-corrected chi connectivity index (χ2v) is 9.16. The lowest BCUT2D eigenvalue weighted by Crippen LogP contribution is -2.14. The molecule has 3 aromatic carbocycles. The van der Waals surface area contributed by atoms with Gasteiger partial charge in [-0.25, -0.2) is 0 Å². The molecule has 0 fully saturated rings. The first kappa shape index (κ1) is 23.0. The molecule has 0 saturated carbocycles. The molecule has 0 saturated heterocycles. The first-order valence-electron chi connectivity index (χ1n) is 9.26. The van der Waals surface area contributed by atoms with Crippen LogP contribution in [0.3, 0.4) is 0 Å². The monoisotopic (exact) mass is 522 g/mol. The van der Waals surface area contributed by atoms with Gasteiger partial charge in [-0.3, -0.25) is 9.36 Å². The molecule has 10 heteroatoms. The van der Waals surface area contributed by atoms with Gasteiger partial charge < -0.3 is 5.32 Å². The molecule has 4 aromatic rings. The molecule has 1 aromatic heterocycles. The van der Waals surface area contributed by atoms with E-state index >= 15 is 0 Å². The number of nitrogens with zero attached hydrogens (tertiary/aromatic N) is 3. The molecule has 0 spiro atoms. The smallest absolute Gasteiger partial charge is 0.234 e. The van der Waals surface area contributed by atoms with Crippen molar-refractivity contribution in [1.82, 2.24) is 14.8 Å². The van der Waals surface area contributed by atoms with Gasteiger partial charge in [0, 0.05) is 22.0 Å². The average Bonchev–Trinajstić information content (AvgIpc) is 3.19. The predicted molar refractivity (Wildman–Crippen MR) is 133 cm³/mol. The van der Waals surface area contributed by atoms with E-state index < -0.39 is 0 Å². The van der Waals surface area contributed by atoms with Crippen LogP contribution in [-0.2, 0) is 4.79 Å². The summed E-state index contributed by atoms with van der Waals surface area (Å²) in [7, 11) is 0. The number of carbonyl (C=O) groups is 1. The molecule has 4 rings (SSSR count). The highest BCUT2D eigenvalue weighted by molar-refractivity contribution is 7.99. The summed E-state index contributed by atoms with van der Waals surface area (Å²) >= 11 is 25.6. The lowest BCUT2D eigenvalue weighted by molar-refractivity contribution is -0.113. The SMILES string of the molecule is O=C(CSc1nnc(-c2ccccc2Cl)n1-c1ccc(Cl)cc1)Nc1ccc(Cl)c(Cl)c1. The van der Waals surface area contributed by atoms with Crippen molar-refractivity contribution in [1.29, 1.82) is 0 Å². The van der Waals surface area contributed by atoms with Crippen LogP contribution in [0.4, 0.5) is 5.69 Å². The molecule has 0 aliphatic carbocycles. The van der Waals surface area contributed by atoms with Crippen molar-refractivity contribution in [2.24, 2.45) is 0 Å². The number of benzene rings is 3. The number of aromatic nitrogens is 3. The van der Waals surface area contributed by atoms with Crippen LogP contribution >= 0.6 is 58.2 Å². The van der Waals surface area contributed by atoms with Gasteiger partial charge in [0.15, 0.2) is 11.0 Å². The number of thioether (sulfide) groups is 1. The molecule has 5 nitrogen and oxygen atoms in total. The lowest BCUT2D eigenvalue weighted by Gasteiger charge is -2.11. The van der Waals surface area contributed by atoms with Gasteiger partial charge in [-0.15, -0.1) is 10.2 Å². The van der Waals surface area contributed by atoms with E-state index in [-0.39, 0.29) is 11.7 Å². The number of carbonyl (C=O) groups excluding carboxylic acids is 1. The number of halogens is 4. The van der Waals surface area contributed by atoms with Crippen molar-refractivity contribution >= 4 is 69.8 Å². The van der Waals surface area contributed by atoms with Crippen LogP contribution in [0.1, 0.15) is 0 Å². The van der Waals surface area contributed by atoms with Crippen LogP contribution in [0, 0.1) is 0 Å². The minimum absolute atomic E-state index is 0.106. The Kier molecular flexibility index (Phi) is 7.28. The van der Waals surface area contributed by atoms with Gasteiger partial charge in [-0.05, 0) is 54.6 Å². The molecule has 0 aliphatic heterocycles. The molecule has 1 heterocycles. The van der Waals surface area contributed by atoms with Gasteiger partial charge in [0.05, 0.1) is 20.8 Å². The van der Waals surface area contributed by atoms with E-state index in [1.807, 2.05) is 34.9 Å². The zero-order valence-corrected chi connectivity index (χ0v) is 20.1. The second kappa shape index (κ2) is 10.1. The molecule has 0 bridgehead atoms. The lowest BCUT2D eigenvalue weighted by atomic mass is 10.2. The molecule has 32 heavy (non-hydrogen) atoms. The topological polar surface area (TPSA) is 59.8 Å². The summed E-state index contributed by atoms with van der Waals surface area (Å²) < 4.78 is 1.84. The Bertz CT molecular complexity index is 1280. The number of amides is 1. The minimum atomic E-state index is -0.224. The zero-order valence-electron chi connectivity index (χ0n) is 16.2. The molecule has 1 N–H and O–H groups in total. The molecule has 0 aliphatic rings. The maximum Gasteiger partial charge on any atom is 0.234 e. The molecule has 0 atom stereocenters. The fourth-order valence-electron chi connectivity index (χ4n) is 2.90. The quantitative estimate of drug-likeness (QED) is 0.270. The molecular weight excluding hydrogens is 510 g/mol. The number of anilines is 1. The first-order chi connectivity index (χ1) is 15.4. The van der Waals surface area contributed by atoms with Crippen LogP contribution in [0.15, 0.2) is 71.9 Å². The van der Waals surface area contributed by atoms with Gasteiger partial charge in [0.25, 0.3) is 0 Å². The van der Waals surface area contributed by atoms with E-state index in [1.54, 1.807) is 36.4 Å². The van der Waals surface area contributed by atoms with Crippen molar-refractivity contribution in [2.75, 3.05) is 11.1 Å². The Labute approximate surface area is 208 Å². The van der Waals surface area contributed by atoms with Crippen molar-refractivity contribution in [3.05, 3.63) is 86.8 Å². The van der Waals surface area contributed by atoms with Crippen molar-refractivity contribution < 1.29 is 4.79 Å². The predicted octanol–water partition coefficient (Wildman–Crippen LogP) is 7.28. The highest BCUT2D eigenvalue weighted by Gasteiger charge is 2.19. The fourth-order valence-corrected chi connectivity index (χ4v) is 4.30. The van der Waals surface area contributed by atoms with Crippen molar-refractivity contribution in [3.8, 4) is 17.1 Å². The molecule has 1 amide bonds. The fraction of sp³-hybridized carbons (Fsp3) is 0.0455. The van der Waals surface area contributed by atoms with E-state index in [0.717, 1.165) is 11.3 Å². The van der Waals surface area contributed by atoms with Gasteiger partial charge >= 0.3 is 0 Å². The van der Waals surface area contributed by atoms with Crippen LogP contribution in [0.2, 0.25) is 20.1 Å². The maximum absolute atomic E-state index is 12.5. The minimum Gasteiger partial charge on any atom is -0.325 e. The summed E-state index contributed by atoms with van der Waals surface area (Å²) in [5.41, 5.74) is 2.08. The van der Waals surface area contributed by atoms with E-state index in [4.69, 9.17) is 46.4 Å². The van der Waals surface area contributed by atoms with Gasteiger partial charge in [0.1, 0.15) is 0 Å². The number of hydrogen-bond acceptors (Lipinski definition) is 4. The Morgan fingerprint density at radius 1 is 0.875 bits per heavy atom. The molecule has 162 valence electrons. The van der Waals surface area contributed by atoms with Gasteiger partial charge in [-0.2, -0.15) is 0 Å². The standard InChI is InChI=1S/C22H14Cl4N4OS/c23-13-5-8-15(9-6-13)30-21(16-3-1-2-4-17(16)24)28-29-22(30)32-12-20(31)27-14-7-10-18(25)19(26)11-14/h1-11H,12H2,(H,27,31). The van der Waals surface area contributed by atoms with Crippen LogP contribution < -0.4 is 5.32 Å². The first-order valence-corrected chi connectivity index (χ1v) is 11.8. The van der Waals surface area contributed by atoms with E-state index in [9.17, 15) is 4.79 Å². The van der Waals surface area contributed by atoms with Gasteiger partial charge in [-0.1, -0.05) is 70.3 Å². The Balaban J connectivity index is 1.61. The van der Waals surface area contributed by atoms with E-state index in [0.29, 0.717) is 36.8 Å². The summed E-state index contributed by atoms with van der Waals surface area (Å²) in [5.74, 6) is 0.442. The third kappa shape index (κ3) is 5.22. The highest BCUT2D eigenvalue weighted by atomic mass is 35.5. The van der Waals surface area contributed by atoms with Gasteiger partial charge in [0.2, 0.25) is 5.91 Å². The third-order valence-electron chi connectivity index (χ3n) is 4.37. The van der Waals surface area contributed by atoms with Crippen LogP contribution in [-0.4, -0.2) is 26.4 Å². The highest BCUT2D eigenvalue weighted by Crippen LogP contribution is 2.32. The molecule has 0 radical (unpaired) electrons. The normalized spacial score (nSPS) is 10.9. The summed E-state index contributed by atoms with van der Waals surface area (Å²) in [4.78, 5) is 12.5. The Hall–Kier alpha value is -2.22. The van der Waals surface area contributed by atoms with Crippen molar-refractivity contribution in [3.63, 3.8) is 0 Å². The summed E-state index contributed by atoms with van der Waals surface area (Å²) in [6.45, 7) is 0. The summed E-state index contributed by atoms with van der Waals surface area (Å²) in [6, 6.07) is 19.5. The Morgan fingerprint density at radius 3 is 2.34 bits per heavy atom. The third-order valence-corrected chi connectivity index (χ3v) is 6.62.